The Balaban J connectivity index is 1.39. The zero-order valence-corrected chi connectivity index (χ0v) is 16.3. The molecule has 1 saturated heterocycles. The molecule has 0 saturated carbocycles. The fourth-order valence-electron chi connectivity index (χ4n) is 3.45. The summed E-state index contributed by atoms with van der Waals surface area (Å²) in [7, 11) is 0. The topological polar surface area (TPSA) is 70.1 Å². The number of anilines is 3. The molecule has 7 nitrogen and oxygen atoms in total. The fourth-order valence-corrected chi connectivity index (χ4v) is 3.45. The monoisotopic (exact) mass is 375 g/mol. The van der Waals surface area contributed by atoms with E-state index in [-0.39, 0.29) is 0 Å². The zero-order chi connectivity index (χ0) is 19.3. The minimum atomic E-state index is 0.528. The Morgan fingerprint density at radius 1 is 0.964 bits per heavy atom. The second-order valence-electron chi connectivity index (χ2n) is 7.01. The fraction of sp³-hybridized carbons (Fsp3) is 0.333. The number of hydrogen-bond acceptors (Lipinski definition) is 7. The molecule has 0 bridgehead atoms. The minimum absolute atomic E-state index is 0.528. The minimum Gasteiger partial charge on any atom is -0.368 e. The van der Waals surface area contributed by atoms with Crippen molar-refractivity contribution in [2.24, 2.45) is 0 Å². The molecule has 1 aliphatic heterocycles. The molecule has 1 aromatic carbocycles. The van der Waals surface area contributed by atoms with E-state index in [1.54, 1.807) is 12.4 Å². The number of nitrogens with one attached hydrogen (secondary N) is 1. The van der Waals surface area contributed by atoms with E-state index in [1.165, 1.54) is 16.8 Å². The molecule has 0 aliphatic carbocycles. The summed E-state index contributed by atoms with van der Waals surface area (Å²) >= 11 is 0. The van der Waals surface area contributed by atoms with E-state index < -0.39 is 0 Å². The molecule has 0 atom stereocenters. The van der Waals surface area contributed by atoms with Crippen molar-refractivity contribution in [1.82, 2.24) is 20.2 Å². The summed E-state index contributed by atoms with van der Waals surface area (Å²) in [4.78, 5) is 13.7. The molecule has 0 spiro atoms. The number of nitrogens with zero attached hydrogens (tertiary/aromatic N) is 6. The molecule has 1 fully saturated rings. The number of hydrogen-bond donors (Lipinski definition) is 1. The van der Waals surface area contributed by atoms with Gasteiger partial charge in [0.25, 0.3) is 0 Å². The Hall–Kier alpha value is -3.22. The lowest BCUT2D eigenvalue weighted by Crippen LogP contribution is -2.47. The van der Waals surface area contributed by atoms with Crippen molar-refractivity contribution in [2.75, 3.05) is 41.3 Å². The highest BCUT2D eigenvalue weighted by molar-refractivity contribution is 5.57. The number of aromatic nitrogens is 4. The maximum atomic E-state index is 4.64. The summed E-state index contributed by atoms with van der Waals surface area (Å²) in [5, 5.41) is 11.4. The Morgan fingerprint density at radius 2 is 1.79 bits per heavy atom. The maximum absolute atomic E-state index is 4.64. The molecule has 1 N–H and O–H groups in total. The molecular weight excluding hydrogens is 350 g/mol. The summed E-state index contributed by atoms with van der Waals surface area (Å²) in [6.45, 7) is 8.69. The van der Waals surface area contributed by atoms with Crippen LogP contribution in [0.3, 0.4) is 0 Å². The molecule has 2 aromatic heterocycles. The third kappa shape index (κ3) is 4.03. The molecule has 1 aliphatic rings. The number of rotatable bonds is 5. The van der Waals surface area contributed by atoms with Gasteiger partial charge in [-0.25, -0.2) is 0 Å². The van der Waals surface area contributed by atoms with Crippen LogP contribution in [-0.4, -0.2) is 46.3 Å². The Labute approximate surface area is 165 Å². The van der Waals surface area contributed by atoms with E-state index in [4.69, 9.17) is 0 Å². The van der Waals surface area contributed by atoms with Gasteiger partial charge < -0.3 is 15.1 Å². The average molecular weight is 375 g/mol. The molecule has 7 heteroatoms. The van der Waals surface area contributed by atoms with Gasteiger partial charge in [-0.15, -0.1) is 5.10 Å². The normalized spacial score (nSPS) is 14.2. The number of aryl methyl sites for hydroxylation is 1. The quantitative estimate of drug-likeness (QED) is 0.735. The van der Waals surface area contributed by atoms with Crippen LogP contribution in [0.1, 0.15) is 16.8 Å². The number of piperazine rings is 1. The lowest BCUT2D eigenvalue weighted by Gasteiger charge is -2.37. The van der Waals surface area contributed by atoms with Gasteiger partial charge in [0.15, 0.2) is 5.82 Å². The zero-order valence-electron chi connectivity index (χ0n) is 16.3. The van der Waals surface area contributed by atoms with Crippen LogP contribution < -0.4 is 15.1 Å². The Bertz CT molecular complexity index is 921. The third-order valence-corrected chi connectivity index (χ3v) is 5.22. The summed E-state index contributed by atoms with van der Waals surface area (Å²) in [6, 6.07) is 12.4. The van der Waals surface area contributed by atoms with E-state index >= 15 is 0 Å². The molecule has 0 radical (unpaired) electrons. The molecule has 4 rings (SSSR count). The van der Waals surface area contributed by atoms with Crippen molar-refractivity contribution in [3.63, 3.8) is 0 Å². The summed E-state index contributed by atoms with van der Waals surface area (Å²) in [6.07, 6.45) is 3.52. The molecule has 28 heavy (non-hydrogen) atoms. The first-order chi connectivity index (χ1) is 13.7. The van der Waals surface area contributed by atoms with Crippen molar-refractivity contribution < 1.29 is 0 Å². The lowest BCUT2D eigenvalue weighted by atomic mass is 10.1. The van der Waals surface area contributed by atoms with Gasteiger partial charge in [0, 0.05) is 38.1 Å². The predicted molar refractivity (Wildman–Crippen MR) is 112 cm³/mol. The second-order valence-corrected chi connectivity index (χ2v) is 7.01. The highest BCUT2D eigenvalue weighted by Crippen LogP contribution is 2.25. The van der Waals surface area contributed by atoms with Gasteiger partial charge in [0.2, 0.25) is 5.95 Å². The van der Waals surface area contributed by atoms with Crippen molar-refractivity contribution >= 4 is 17.5 Å². The van der Waals surface area contributed by atoms with Crippen LogP contribution in [0.15, 0.2) is 48.8 Å². The first-order valence-corrected chi connectivity index (χ1v) is 9.60. The van der Waals surface area contributed by atoms with E-state index in [0.717, 1.165) is 37.7 Å². The van der Waals surface area contributed by atoms with Gasteiger partial charge in [-0.05, 0) is 43.2 Å². The van der Waals surface area contributed by atoms with Crippen LogP contribution >= 0.6 is 0 Å². The van der Waals surface area contributed by atoms with E-state index in [2.05, 4.69) is 67.3 Å². The Kier molecular flexibility index (Phi) is 5.32. The van der Waals surface area contributed by atoms with Crippen molar-refractivity contribution in [3.8, 4) is 0 Å². The van der Waals surface area contributed by atoms with Crippen LogP contribution in [0.5, 0.6) is 0 Å². The van der Waals surface area contributed by atoms with Gasteiger partial charge >= 0.3 is 0 Å². The van der Waals surface area contributed by atoms with Gasteiger partial charge in [-0.3, -0.25) is 4.98 Å². The van der Waals surface area contributed by atoms with E-state index in [1.807, 2.05) is 18.2 Å². The van der Waals surface area contributed by atoms with Crippen molar-refractivity contribution in [2.45, 2.75) is 20.4 Å². The standard InChI is InChI=1S/C21H25N7/c1-16-6-5-8-19(17(16)2)27-10-12-28(13-11-27)20-15-24-26-21(25-20)23-14-18-7-3-4-9-22-18/h3-9,15H,10-14H2,1-2H3,(H,23,25,26). The molecular formula is C21H25N7. The highest BCUT2D eigenvalue weighted by atomic mass is 15.3. The van der Waals surface area contributed by atoms with E-state index in [9.17, 15) is 0 Å². The average Bonchev–Trinajstić information content (AvgIpc) is 2.75. The van der Waals surface area contributed by atoms with Crippen LogP contribution in [0.4, 0.5) is 17.5 Å². The van der Waals surface area contributed by atoms with Crippen LogP contribution in [0.25, 0.3) is 0 Å². The van der Waals surface area contributed by atoms with Crippen molar-refractivity contribution in [3.05, 3.63) is 65.6 Å². The highest BCUT2D eigenvalue weighted by Gasteiger charge is 2.20. The summed E-state index contributed by atoms with van der Waals surface area (Å²) in [5.74, 6) is 1.39. The predicted octanol–water partition coefficient (Wildman–Crippen LogP) is 2.82. The van der Waals surface area contributed by atoms with Crippen LogP contribution in [0.2, 0.25) is 0 Å². The first-order valence-electron chi connectivity index (χ1n) is 9.60. The smallest absolute Gasteiger partial charge is 0.245 e. The van der Waals surface area contributed by atoms with Crippen LogP contribution in [0, 0.1) is 13.8 Å². The van der Waals surface area contributed by atoms with Gasteiger partial charge in [0.05, 0.1) is 18.4 Å². The van der Waals surface area contributed by atoms with E-state index in [0.29, 0.717) is 12.5 Å². The molecule has 3 heterocycles. The molecule has 0 unspecified atom stereocenters. The molecule has 3 aromatic rings. The first kappa shape index (κ1) is 18.2. The maximum Gasteiger partial charge on any atom is 0.245 e. The molecule has 0 amide bonds. The van der Waals surface area contributed by atoms with Gasteiger partial charge in [0.1, 0.15) is 0 Å². The summed E-state index contributed by atoms with van der Waals surface area (Å²) < 4.78 is 0. The lowest BCUT2D eigenvalue weighted by molar-refractivity contribution is 0.643. The largest absolute Gasteiger partial charge is 0.368 e. The number of benzene rings is 1. The number of pyridine rings is 1. The SMILES string of the molecule is Cc1cccc(N2CCN(c3cnnc(NCc4ccccn4)n3)CC2)c1C. The third-order valence-electron chi connectivity index (χ3n) is 5.22. The summed E-state index contributed by atoms with van der Waals surface area (Å²) in [5.41, 5.74) is 4.97. The second kappa shape index (κ2) is 8.21. The van der Waals surface area contributed by atoms with Gasteiger partial charge in [-0.1, -0.05) is 18.2 Å². The Morgan fingerprint density at radius 3 is 2.57 bits per heavy atom. The van der Waals surface area contributed by atoms with Gasteiger partial charge in [-0.2, -0.15) is 10.1 Å². The van der Waals surface area contributed by atoms with Crippen LogP contribution in [-0.2, 0) is 6.54 Å². The van der Waals surface area contributed by atoms with Crippen molar-refractivity contribution in [1.29, 1.82) is 0 Å². The molecule has 144 valence electrons.